The largest absolute Gasteiger partial charge is 0.309 e. The Kier molecular flexibility index (Phi) is 7.64. The molecular formula is C52H35N5. The van der Waals surface area contributed by atoms with Crippen molar-refractivity contribution in [2.75, 3.05) is 0 Å². The summed E-state index contributed by atoms with van der Waals surface area (Å²) in [6, 6.07) is 68.7. The van der Waals surface area contributed by atoms with E-state index in [1.54, 1.807) is 0 Å². The number of hydrogen-bond donors (Lipinski definition) is 0. The lowest BCUT2D eigenvalue weighted by atomic mass is 10.0. The van der Waals surface area contributed by atoms with Crippen LogP contribution in [0.15, 0.2) is 194 Å². The lowest BCUT2D eigenvalue weighted by molar-refractivity contribution is 1.07. The fourth-order valence-corrected chi connectivity index (χ4v) is 8.35. The van der Waals surface area contributed by atoms with Crippen molar-refractivity contribution in [3.63, 3.8) is 0 Å². The normalized spacial score (nSPS) is 11.6. The van der Waals surface area contributed by atoms with Gasteiger partial charge < -0.3 is 9.13 Å². The lowest BCUT2D eigenvalue weighted by Crippen LogP contribution is -2.01. The molecule has 11 aromatic rings. The van der Waals surface area contributed by atoms with E-state index in [0.717, 1.165) is 39.0 Å². The fraction of sp³-hybridized carbons (Fsp3) is 0.0192. The Hall–Kier alpha value is -7.63. The molecule has 0 atom stereocenters. The molecule has 3 heterocycles. The topological polar surface area (TPSA) is 48.5 Å². The summed E-state index contributed by atoms with van der Waals surface area (Å²) < 4.78 is 4.75. The average molecular weight is 730 g/mol. The van der Waals surface area contributed by atoms with Gasteiger partial charge in [0.2, 0.25) is 0 Å². The highest BCUT2D eigenvalue weighted by Gasteiger charge is 2.18. The predicted octanol–water partition coefficient (Wildman–Crippen LogP) is 13.0. The van der Waals surface area contributed by atoms with Crippen LogP contribution in [0.25, 0.3) is 100 Å². The second-order valence-corrected chi connectivity index (χ2v) is 14.6. The van der Waals surface area contributed by atoms with Crippen molar-refractivity contribution in [1.29, 1.82) is 0 Å². The summed E-state index contributed by atoms with van der Waals surface area (Å²) in [4.78, 5) is 15.0. The quantitative estimate of drug-likeness (QED) is 0.171. The van der Waals surface area contributed by atoms with E-state index in [0.29, 0.717) is 17.5 Å². The number of aromatic nitrogens is 5. The number of hydrogen-bond acceptors (Lipinski definition) is 3. The molecule has 268 valence electrons. The fourth-order valence-electron chi connectivity index (χ4n) is 8.35. The Labute approximate surface area is 329 Å². The van der Waals surface area contributed by atoms with Crippen LogP contribution in [0.2, 0.25) is 0 Å². The number of nitrogens with zero attached hydrogens (tertiary/aromatic N) is 5. The number of rotatable bonds is 6. The van der Waals surface area contributed by atoms with Crippen molar-refractivity contribution in [2.45, 2.75) is 6.92 Å². The zero-order chi connectivity index (χ0) is 37.9. The first kappa shape index (κ1) is 32.8. The number of fused-ring (bicyclic) bond motifs is 6. The molecule has 0 unspecified atom stereocenters. The minimum Gasteiger partial charge on any atom is -0.309 e. The zero-order valence-corrected chi connectivity index (χ0v) is 31.2. The smallest absolute Gasteiger partial charge is 0.164 e. The van der Waals surface area contributed by atoms with Crippen molar-refractivity contribution in [2.24, 2.45) is 0 Å². The van der Waals surface area contributed by atoms with Crippen LogP contribution in [0, 0.1) is 6.92 Å². The van der Waals surface area contributed by atoms with Gasteiger partial charge >= 0.3 is 0 Å². The Morgan fingerprint density at radius 1 is 0.298 bits per heavy atom. The van der Waals surface area contributed by atoms with E-state index < -0.39 is 0 Å². The van der Waals surface area contributed by atoms with Gasteiger partial charge in [0.25, 0.3) is 0 Å². The monoisotopic (exact) mass is 729 g/mol. The van der Waals surface area contributed by atoms with Crippen LogP contribution in [0.1, 0.15) is 5.56 Å². The Morgan fingerprint density at radius 2 is 0.772 bits per heavy atom. The number of benzene rings is 8. The zero-order valence-electron chi connectivity index (χ0n) is 31.2. The minimum atomic E-state index is 0.629. The summed E-state index contributed by atoms with van der Waals surface area (Å²) in [5, 5.41) is 4.89. The molecule has 0 fully saturated rings. The number of aryl methyl sites for hydroxylation is 1. The molecule has 0 aliphatic carbocycles. The van der Waals surface area contributed by atoms with E-state index in [4.69, 9.17) is 15.0 Å². The first-order valence-corrected chi connectivity index (χ1v) is 19.3. The SMILES string of the molecule is Cc1cccc(-n2c3ccccc3c3cc(-c4ccc5c6ccccc6n(-c6cccc(-c7nc(-c8ccccc8)nc(-c8ccccc8)n7)c6)c5c4)ccc32)c1. The van der Waals surface area contributed by atoms with Gasteiger partial charge in [-0.05, 0) is 78.2 Å². The molecule has 0 N–H and O–H groups in total. The van der Waals surface area contributed by atoms with Gasteiger partial charge in [-0.15, -0.1) is 0 Å². The van der Waals surface area contributed by atoms with Crippen LogP contribution in [-0.4, -0.2) is 24.1 Å². The first-order chi connectivity index (χ1) is 28.2. The molecule has 8 aromatic carbocycles. The van der Waals surface area contributed by atoms with Crippen molar-refractivity contribution in [3.8, 4) is 56.7 Å². The highest BCUT2D eigenvalue weighted by Crippen LogP contribution is 2.39. The molecule has 0 saturated carbocycles. The van der Waals surface area contributed by atoms with E-state index >= 15 is 0 Å². The van der Waals surface area contributed by atoms with E-state index in [9.17, 15) is 0 Å². The molecule has 5 nitrogen and oxygen atoms in total. The molecule has 0 radical (unpaired) electrons. The second kappa shape index (κ2) is 13.3. The molecule has 5 heteroatoms. The summed E-state index contributed by atoms with van der Waals surface area (Å²) in [5.74, 6) is 1.92. The maximum atomic E-state index is 5.04. The van der Waals surface area contributed by atoms with Gasteiger partial charge in [-0.1, -0.05) is 140 Å². The maximum Gasteiger partial charge on any atom is 0.164 e. The highest BCUT2D eigenvalue weighted by molar-refractivity contribution is 6.12. The molecule has 0 aliphatic rings. The molecular weight excluding hydrogens is 695 g/mol. The highest BCUT2D eigenvalue weighted by atomic mass is 15.0. The van der Waals surface area contributed by atoms with Crippen LogP contribution in [0.3, 0.4) is 0 Å². The van der Waals surface area contributed by atoms with Crippen LogP contribution < -0.4 is 0 Å². The summed E-state index contributed by atoms with van der Waals surface area (Å²) in [6.07, 6.45) is 0. The first-order valence-electron chi connectivity index (χ1n) is 19.3. The Morgan fingerprint density at radius 3 is 1.44 bits per heavy atom. The van der Waals surface area contributed by atoms with Crippen molar-refractivity contribution >= 4 is 43.6 Å². The van der Waals surface area contributed by atoms with Crippen LogP contribution in [0.4, 0.5) is 0 Å². The van der Waals surface area contributed by atoms with Crippen LogP contribution >= 0.6 is 0 Å². The molecule has 0 spiro atoms. The van der Waals surface area contributed by atoms with Crippen molar-refractivity contribution in [3.05, 3.63) is 200 Å². The van der Waals surface area contributed by atoms with Crippen molar-refractivity contribution in [1.82, 2.24) is 24.1 Å². The van der Waals surface area contributed by atoms with Crippen molar-refractivity contribution < 1.29 is 0 Å². The maximum absolute atomic E-state index is 5.04. The van der Waals surface area contributed by atoms with Gasteiger partial charge in [-0.3, -0.25) is 0 Å². The molecule has 0 bridgehead atoms. The van der Waals surface area contributed by atoms with E-state index in [2.05, 4.69) is 150 Å². The Bertz CT molecular complexity index is 3250. The Balaban J connectivity index is 1.07. The van der Waals surface area contributed by atoms with Crippen LogP contribution in [0.5, 0.6) is 0 Å². The number of para-hydroxylation sites is 2. The molecule has 0 aliphatic heterocycles. The van der Waals surface area contributed by atoms with Gasteiger partial charge in [0.1, 0.15) is 0 Å². The summed E-state index contributed by atoms with van der Waals surface area (Å²) in [6.45, 7) is 2.15. The third-order valence-electron chi connectivity index (χ3n) is 11.0. The third-order valence-corrected chi connectivity index (χ3v) is 11.0. The van der Waals surface area contributed by atoms with Gasteiger partial charge in [0.05, 0.1) is 22.1 Å². The lowest BCUT2D eigenvalue weighted by Gasteiger charge is -2.12. The standard InChI is InChI=1S/C52H35N5/c1-34-14-12-20-40(30-34)56-47-25-11-9-23-43(47)45-32-37(27-29-48(45)56)38-26-28-44-42-22-8-10-24-46(42)57(49(44)33-38)41-21-13-19-39(31-41)52-54-50(35-15-4-2-5-16-35)53-51(55-52)36-17-6-3-7-18-36/h2-33H,1H3. The second-order valence-electron chi connectivity index (χ2n) is 14.6. The molecule has 11 rings (SSSR count). The summed E-state index contributed by atoms with van der Waals surface area (Å²) in [5.41, 5.74) is 13.3. The van der Waals surface area contributed by atoms with E-state index in [1.165, 1.54) is 49.4 Å². The average Bonchev–Trinajstić information content (AvgIpc) is 3.79. The molecule has 0 amide bonds. The van der Waals surface area contributed by atoms with Gasteiger partial charge in [-0.2, -0.15) is 0 Å². The molecule has 0 saturated heterocycles. The van der Waals surface area contributed by atoms with Gasteiger partial charge in [0.15, 0.2) is 17.5 Å². The summed E-state index contributed by atoms with van der Waals surface area (Å²) >= 11 is 0. The van der Waals surface area contributed by atoms with Crippen LogP contribution in [-0.2, 0) is 0 Å². The third kappa shape index (κ3) is 5.59. The van der Waals surface area contributed by atoms with E-state index in [1.807, 2.05) is 60.7 Å². The minimum absolute atomic E-state index is 0.629. The molecule has 57 heavy (non-hydrogen) atoms. The molecule has 3 aromatic heterocycles. The van der Waals surface area contributed by atoms with Gasteiger partial charge in [0, 0.05) is 49.6 Å². The van der Waals surface area contributed by atoms with E-state index in [-0.39, 0.29) is 0 Å². The summed E-state index contributed by atoms with van der Waals surface area (Å²) in [7, 11) is 0. The predicted molar refractivity (Wildman–Crippen MR) is 235 cm³/mol. The van der Waals surface area contributed by atoms with Gasteiger partial charge in [-0.25, -0.2) is 15.0 Å².